The average Bonchev–Trinajstić information content (AvgIpc) is 3.12. The van der Waals surface area contributed by atoms with Gasteiger partial charge in [-0.3, -0.25) is 4.79 Å². The monoisotopic (exact) mass is 323 g/mol. The first-order valence-corrected chi connectivity index (χ1v) is 8.17. The summed E-state index contributed by atoms with van der Waals surface area (Å²) in [5, 5.41) is 3.34. The molecule has 2 aromatic carbocycles. The quantitative estimate of drug-likeness (QED) is 0.860. The molecule has 3 rings (SSSR count). The van der Waals surface area contributed by atoms with E-state index in [1.807, 2.05) is 30.3 Å². The lowest BCUT2D eigenvalue weighted by atomic mass is 9.88. The molecule has 1 N–H and O–H groups in total. The van der Waals surface area contributed by atoms with Crippen molar-refractivity contribution in [1.29, 1.82) is 0 Å². The van der Waals surface area contributed by atoms with Crippen LogP contribution in [0.1, 0.15) is 33.8 Å². The van der Waals surface area contributed by atoms with Gasteiger partial charge < -0.3 is 10.1 Å². The molecule has 2 atom stereocenters. The van der Waals surface area contributed by atoms with Gasteiger partial charge in [0.2, 0.25) is 0 Å². The Morgan fingerprint density at radius 1 is 1.08 bits per heavy atom. The Balaban J connectivity index is 1.69. The Bertz CT molecular complexity index is 709. The average molecular weight is 323 g/mol. The molecule has 0 amide bonds. The highest BCUT2D eigenvalue weighted by atomic mass is 16.5. The Hall–Kier alpha value is -2.46. The molecule has 4 nitrogen and oxygen atoms in total. The molecule has 1 heterocycles. The van der Waals surface area contributed by atoms with Crippen molar-refractivity contribution >= 4 is 11.8 Å². The van der Waals surface area contributed by atoms with Gasteiger partial charge in [-0.1, -0.05) is 42.5 Å². The number of hydrogen-bond acceptors (Lipinski definition) is 4. The molecule has 1 saturated heterocycles. The van der Waals surface area contributed by atoms with Gasteiger partial charge in [0.25, 0.3) is 0 Å². The molecular weight excluding hydrogens is 302 g/mol. The van der Waals surface area contributed by atoms with Crippen molar-refractivity contribution in [2.75, 3.05) is 13.7 Å². The van der Waals surface area contributed by atoms with E-state index in [4.69, 9.17) is 0 Å². The van der Waals surface area contributed by atoms with E-state index in [0.29, 0.717) is 12.0 Å². The molecule has 1 aliphatic rings. The number of esters is 1. The van der Waals surface area contributed by atoms with Crippen molar-refractivity contribution < 1.29 is 14.3 Å². The summed E-state index contributed by atoms with van der Waals surface area (Å²) < 4.78 is 4.69. The van der Waals surface area contributed by atoms with Gasteiger partial charge in [0.05, 0.1) is 18.7 Å². The maximum absolute atomic E-state index is 12.7. The predicted octanol–water partition coefficient (Wildman–Crippen LogP) is 2.73. The lowest BCUT2D eigenvalue weighted by molar-refractivity contribution is -0.120. The van der Waals surface area contributed by atoms with E-state index in [0.717, 1.165) is 18.5 Å². The number of carbonyl (C=O) groups excluding carboxylic acids is 2. The second kappa shape index (κ2) is 7.41. The highest BCUT2D eigenvalue weighted by Crippen LogP contribution is 2.28. The van der Waals surface area contributed by atoms with Crippen LogP contribution in [0.5, 0.6) is 0 Å². The van der Waals surface area contributed by atoms with E-state index in [-0.39, 0.29) is 23.7 Å². The topological polar surface area (TPSA) is 55.4 Å². The fourth-order valence-corrected chi connectivity index (χ4v) is 3.29. The second-order valence-electron chi connectivity index (χ2n) is 6.07. The molecule has 4 heteroatoms. The molecule has 1 aliphatic heterocycles. The lowest BCUT2D eigenvalue weighted by Gasteiger charge is -2.19. The summed E-state index contributed by atoms with van der Waals surface area (Å²) in [6.07, 6.45) is 1.34. The zero-order valence-electron chi connectivity index (χ0n) is 13.7. The molecule has 1 fully saturated rings. The van der Waals surface area contributed by atoms with Gasteiger partial charge in [-0.05, 0) is 36.2 Å². The number of ketones is 1. The van der Waals surface area contributed by atoms with Crippen LogP contribution in [0.2, 0.25) is 0 Å². The van der Waals surface area contributed by atoms with Gasteiger partial charge in [0.1, 0.15) is 0 Å². The molecule has 24 heavy (non-hydrogen) atoms. The first-order valence-electron chi connectivity index (χ1n) is 8.17. The van der Waals surface area contributed by atoms with Crippen LogP contribution in [0.4, 0.5) is 0 Å². The lowest BCUT2D eigenvalue weighted by Crippen LogP contribution is -2.35. The van der Waals surface area contributed by atoms with Gasteiger partial charge in [-0.15, -0.1) is 0 Å². The summed E-state index contributed by atoms with van der Waals surface area (Å²) in [5.74, 6) is 0.0506. The Kier molecular flexibility index (Phi) is 5.06. The van der Waals surface area contributed by atoms with Crippen molar-refractivity contribution in [2.45, 2.75) is 24.8 Å². The molecule has 0 unspecified atom stereocenters. The molecule has 124 valence electrons. The minimum Gasteiger partial charge on any atom is -0.465 e. The zero-order chi connectivity index (χ0) is 16.9. The highest BCUT2D eigenvalue weighted by molar-refractivity contribution is 5.90. The maximum atomic E-state index is 12.7. The van der Waals surface area contributed by atoms with Gasteiger partial charge in [0.15, 0.2) is 5.78 Å². The van der Waals surface area contributed by atoms with Crippen LogP contribution in [0.25, 0.3) is 0 Å². The third-order valence-electron chi connectivity index (χ3n) is 4.55. The van der Waals surface area contributed by atoms with Crippen LogP contribution >= 0.6 is 0 Å². The third-order valence-corrected chi connectivity index (χ3v) is 4.55. The number of nitrogens with one attached hydrogen (secondary N) is 1. The standard InChI is InChI=1S/C20H21NO3/c1-24-20(23)16-9-7-14(8-10-16)13-18(22)19-17(11-12-21-19)15-5-3-2-4-6-15/h2-10,17,19,21H,11-13H2,1H3/t17-,19+/m0/s1. The second-order valence-corrected chi connectivity index (χ2v) is 6.07. The van der Waals surface area contributed by atoms with Crippen LogP contribution in [0, 0.1) is 0 Å². The van der Waals surface area contributed by atoms with Crippen LogP contribution in [-0.4, -0.2) is 31.4 Å². The molecule has 0 aliphatic carbocycles. The number of benzene rings is 2. The summed E-state index contributed by atoms with van der Waals surface area (Å²) in [7, 11) is 1.36. The number of hydrogen-bond donors (Lipinski definition) is 1. The molecule has 0 bridgehead atoms. The third kappa shape index (κ3) is 3.54. The van der Waals surface area contributed by atoms with Crippen LogP contribution < -0.4 is 5.32 Å². The van der Waals surface area contributed by atoms with Crippen molar-refractivity contribution in [1.82, 2.24) is 5.32 Å². The van der Waals surface area contributed by atoms with Crippen molar-refractivity contribution in [3.8, 4) is 0 Å². The van der Waals surface area contributed by atoms with Crippen LogP contribution in [0.3, 0.4) is 0 Å². The van der Waals surface area contributed by atoms with E-state index >= 15 is 0 Å². The van der Waals surface area contributed by atoms with Gasteiger partial charge in [0, 0.05) is 12.3 Å². The number of Topliss-reactive ketones (excluding diaryl/α,β-unsaturated/α-hetero) is 1. The fraction of sp³-hybridized carbons (Fsp3) is 0.300. The Morgan fingerprint density at radius 3 is 2.46 bits per heavy atom. The van der Waals surface area contributed by atoms with E-state index < -0.39 is 0 Å². The van der Waals surface area contributed by atoms with Crippen LogP contribution in [0.15, 0.2) is 54.6 Å². The summed E-state index contributed by atoms with van der Waals surface area (Å²) in [4.78, 5) is 24.2. The minimum absolute atomic E-state index is 0.146. The molecule has 2 aromatic rings. The summed E-state index contributed by atoms with van der Waals surface area (Å²) >= 11 is 0. The minimum atomic E-state index is -0.366. The van der Waals surface area contributed by atoms with Crippen molar-refractivity contribution in [2.24, 2.45) is 0 Å². The first-order chi connectivity index (χ1) is 11.7. The van der Waals surface area contributed by atoms with Gasteiger partial charge in [-0.25, -0.2) is 4.79 Å². The van der Waals surface area contributed by atoms with E-state index in [2.05, 4.69) is 22.2 Å². The number of carbonyl (C=O) groups is 2. The Labute approximate surface area is 141 Å². The highest BCUT2D eigenvalue weighted by Gasteiger charge is 2.33. The molecule has 0 radical (unpaired) electrons. The van der Waals surface area contributed by atoms with Crippen LogP contribution in [-0.2, 0) is 16.0 Å². The summed E-state index contributed by atoms with van der Waals surface area (Å²) in [6.45, 7) is 0.858. The van der Waals surface area contributed by atoms with Crippen molar-refractivity contribution in [3.63, 3.8) is 0 Å². The van der Waals surface area contributed by atoms with Gasteiger partial charge >= 0.3 is 5.97 Å². The molecule has 0 saturated carbocycles. The normalized spacial score (nSPS) is 19.9. The number of rotatable bonds is 5. The van der Waals surface area contributed by atoms with E-state index in [1.165, 1.54) is 12.7 Å². The number of ether oxygens (including phenoxy) is 1. The smallest absolute Gasteiger partial charge is 0.337 e. The fourth-order valence-electron chi connectivity index (χ4n) is 3.29. The molecule has 0 aromatic heterocycles. The predicted molar refractivity (Wildman–Crippen MR) is 92.1 cm³/mol. The largest absolute Gasteiger partial charge is 0.465 e. The SMILES string of the molecule is COC(=O)c1ccc(CC(=O)[C@@H]2NCC[C@H]2c2ccccc2)cc1. The van der Waals surface area contributed by atoms with E-state index in [9.17, 15) is 9.59 Å². The van der Waals surface area contributed by atoms with Gasteiger partial charge in [-0.2, -0.15) is 0 Å². The first kappa shape index (κ1) is 16.4. The van der Waals surface area contributed by atoms with E-state index in [1.54, 1.807) is 12.1 Å². The summed E-state index contributed by atoms with van der Waals surface area (Å²) in [6, 6.07) is 17.1. The molecule has 0 spiro atoms. The maximum Gasteiger partial charge on any atom is 0.337 e. The Morgan fingerprint density at radius 2 is 1.79 bits per heavy atom. The van der Waals surface area contributed by atoms with Crippen molar-refractivity contribution in [3.05, 3.63) is 71.3 Å². The zero-order valence-corrected chi connectivity index (χ0v) is 13.7. The molecular formula is C20H21NO3. The number of methoxy groups -OCH3 is 1. The summed E-state index contributed by atoms with van der Waals surface area (Å²) in [5.41, 5.74) is 2.62.